The number of imidazole rings is 2. The number of hydrogen-bond acceptors (Lipinski definition) is 5. The van der Waals surface area contributed by atoms with E-state index in [0.717, 1.165) is 22.6 Å². The second-order valence-corrected chi connectivity index (χ2v) is 10.3. The number of fused-ring (bicyclic) bond motifs is 2. The molecule has 5 heterocycles. The summed E-state index contributed by atoms with van der Waals surface area (Å²) in [4.78, 5) is 34.2. The van der Waals surface area contributed by atoms with Gasteiger partial charge < -0.3 is 13.6 Å². The molecule has 9 heteroatoms. The van der Waals surface area contributed by atoms with E-state index in [9.17, 15) is 9.59 Å². The molecule has 0 atom stereocenters. The van der Waals surface area contributed by atoms with E-state index in [1.807, 2.05) is 22.9 Å². The normalized spacial score (nSPS) is 13.6. The topological polar surface area (TPSA) is 86.6 Å². The van der Waals surface area contributed by atoms with Crippen LogP contribution >= 0.6 is 11.6 Å². The largest absolute Gasteiger partial charge is 0.306 e. The molecule has 5 aromatic heterocycles. The van der Waals surface area contributed by atoms with Crippen LogP contribution in [0, 0.1) is 0 Å². The number of aryl methyl sites for hydroxylation is 2. The summed E-state index contributed by atoms with van der Waals surface area (Å²) in [5, 5.41) is 5.32. The summed E-state index contributed by atoms with van der Waals surface area (Å²) >= 11 is 6.15. The zero-order valence-electron chi connectivity index (χ0n) is 20.6. The summed E-state index contributed by atoms with van der Waals surface area (Å²) in [6.07, 6.45) is 13.6. The summed E-state index contributed by atoms with van der Waals surface area (Å²) in [7, 11) is 0. The zero-order valence-corrected chi connectivity index (χ0v) is 21.4. The van der Waals surface area contributed by atoms with Crippen molar-refractivity contribution >= 4 is 34.3 Å². The molecular weight excluding hydrogens is 488 g/mol. The predicted molar refractivity (Wildman–Crippen MR) is 140 cm³/mol. The highest BCUT2D eigenvalue weighted by molar-refractivity contribution is 6.30. The lowest BCUT2D eigenvalue weighted by Gasteiger charge is -2.02. The van der Waals surface area contributed by atoms with Crippen LogP contribution in [0.25, 0.3) is 11.2 Å². The van der Waals surface area contributed by atoms with Crippen LogP contribution in [-0.4, -0.2) is 40.1 Å². The summed E-state index contributed by atoms with van der Waals surface area (Å²) in [5.41, 5.74) is 6.04. The Morgan fingerprint density at radius 1 is 1.03 bits per heavy atom. The van der Waals surface area contributed by atoms with Crippen LogP contribution in [0.2, 0.25) is 5.02 Å². The molecule has 0 amide bonds. The molecule has 0 radical (unpaired) electrons. The van der Waals surface area contributed by atoms with Crippen molar-refractivity contribution < 1.29 is 9.59 Å². The fourth-order valence-electron chi connectivity index (χ4n) is 4.79. The maximum atomic E-state index is 13.3. The van der Waals surface area contributed by atoms with Crippen molar-refractivity contribution in [2.24, 2.45) is 0 Å². The number of Topliss-reactive ketones (excluding diaryl/α,β-unsaturated/α-hetero) is 2. The van der Waals surface area contributed by atoms with Crippen LogP contribution in [-0.2, 0) is 24.2 Å². The molecule has 0 spiro atoms. The molecular formula is C28H27ClN6O2. The summed E-state index contributed by atoms with van der Waals surface area (Å²) in [6.45, 7) is 2.00. The quantitative estimate of drug-likeness (QED) is 0.242. The Morgan fingerprint density at radius 2 is 1.86 bits per heavy atom. The van der Waals surface area contributed by atoms with Crippen molar-refractivity contribution in [3.8, 4) is 0 Å². The van der Waals surface area contributed by atoms with E-state index in [-0.39, 0.29) is 18.0 Å². The van der Waals surface area contributed by atoms with Crippen LogP contribution in [0.5, 0.6) is 0 Å². The highest BCUT2D eigenvalue weighted by Gasteiger charge is 2.24. The molecule has 0 bridgehead atoms. The molecule has 1 fully saturated rings. The monoisotopic (exact) mass is 514 g/mol. The lowest BCUT2D eigenvalue weighted by atomic mass is 10.0. The first-order valence-corrected chi connectivity index (χ1v) is 13.0. The minimum absolute atomic E-state index is 0.0166. The fraction of sp³-hybridized carbons (Fsp3) is 0.321. The molecule has 188 valence electrons. The lowest BCUT2D eigenvalue weighted by Crippen LogP contribution is -2.05. The van der Waals surface area contributed by atoms with Gasteiger partial charge in [0, 0.05) is 42.7 Å². The second kappa shape index (κ2) is 9.59. The average Bonchev–Trinajstić information content (AvgIpc) is 3.35. The number of aromatic nitrogens is 6. The third kappa shape index (κ3) is 5.06. The van der Waals surface area contributed by atoms with Crippen molar-refractivity contribution in [3.05, 3.63) is 88.6 Å². The number of carbonyl (C=O) groups is 2. The van der Waals surface area contributed by atoms with Gasteiger partial charge in [-0.2, -0.15) is 5.10 Å². The highest BCUT2D eigenvalue weighted by atomic mass is 35.5. The predicted octanol–water partition coefficient (Wildman–Crippen LogP) is 5.09. The highest BCUT2D eigenvalue weighted by Crippen LogP contribution is 2.39. The molecule has 0 unspecified atom stereocenters. The van der Waals surface area contributed by atoms with Gasteiger partial charge in [-0.1, -0.05) is 17.7 Å². The molecule has 0 aliphatic heterocycles. The molecule has 0 N–H and O–H groups in total. The Balaban J connectivity index is 1.22. The van der Waals surface area contributed by atoms with Gasteiger partial charge in [-0.15, -0.1) is 0 Å². The van der Waals surface area contributed by atoms with Crippen LogP contribution < -0.4 is 0 Å². The Labute approximate surface area is 218 Å². The minimum atomic E-state index is -0.0166. The molecule has 0 saturated heterocycles. The van der Waals surface area contributed by atoms with E-state index in [4.69, 9.17) is 16.6 Å². The smallest absolute Gasteiger partial charge is 0.166 e. The maximum Gasteiger partial charge on any atom is 0.166 e. The standard InChI is InChI=1S/C28H27ClN6O2/c1-18(36)2-6-24-23(27(37)8-7-25-26-12-21(29)10-11-33(26)17-30-25)16-35(32-24)15-22-14-34-13-20(19-3-4-19)5-9-28(34)31-22/h5,9-14,16-17,19H,2-4,6-8,15H2,1H3. The first kappa shape index (κ1) is 23.6. The molecule has 1 aliphatic rings. The van der Waals surface area contributed by atoms with Gasteiger partial charge in [0.25, 0.3) is 0 Å². The first-order valence-electron chi connectivity index (χ1n) is 12.6. The number of ketones is 2. The van der Waals surface area contributed by atoms with Gasteiger partial charge in [0.15, 0.2) is 5.78 Å². The number of pyridine rings is 2. The lowest BCUT2D eigenvalue weighted by molar-refractivity contribution is -0.117. The zero-order chi connectivity index (χ0) is 25.5. The summed E-state index contributed by atoms with van der Waals surface area (Å²) in [6, 6.07) is 7.87. The summed E-state index contributed by atoms with van der Waals surface area (Å²) < 4.78 is 5.72. The van der Waals surface area contributed by atoms with Gasteiger partial charge >= 0.3 is 0 Å². The van der Waals surface area contributed by atoms with Gasteiger partial charge in [-0.3, -0.25) is 9.48 Å². The van der Waals surface area contributed by atoms with Crippen molar-refractivity contribution in [2.75, 3.05) is 0 Å². The van der Waals surface area contributed by atoms with Gasteiger partial charge in [0.2, 0.25) is 0 Å². The van der Waals surface area contributed by atoms with E-state index in [1.54, 1.807) is 30.2 Å². The Hall–Kier alpha value is -3.78. The van der Waals surface area contributed by atoms with Gasteiger partial charge in [0.1, 0.15) is 11.4 Å². The number of hydrogen-bond donors (Lipinski definition) is 0. The van der Waals surface area contributed by atoms with Crippen molar-refractivity contribution in [1.82, 2.24) is 28.5 Å². The minimum Gasteiger partial charge on any atom is -0.306 e. The van der Waals surface area contributed by atoms with Crippen LogP contribution in [0.1, 0.15) is 71.5 Å². The van der Waals surface area contributed by atoms with Crippen LogP contribution in [0.4, 0.5) is 0 Å². The molecule has 37 heavy (non-hydrogen) atoms. The van der Waals surface area contributed by atoms with Crippen LogP contribution in [0.15, 0.2) is 55.4 Å². The van der Waals surface area contributed by atoms with Gasteiger partial charge in [-0.05, 0) is 62.3 Å². The second-order valence-electron chi connectivity index (χ2n) is 9.88. The molecule has 1 aliphatic carbocycles. The Kier molecular flexibility index (Phi) is 6.12. The third-order valence-electron chi connectivity index (χ3n) is 6.92. The maximum absolute atomic E-state index is 13.3. The van der Waals surface area contributed by atoms with E-state index in [0.29, 0.717) is 48.0 Å². The van der Waals surface area contributed by atoms with E-state index in [2.05, 4.69) is 32.8 Å². The van der Waals surface area contributed by atoms with E-state index in [1.165, 1.54) is 18.4 Å². The molecule has 0 aromatic carbocycles. The average molecular weight is 515 g/mol. The van der Waals surface area contributed by atoms with Crippen LogP contribution in [0.3, 0.4) is 0 Å². The Morgan fingerprint density at radius 3 is 2.68 bits per heavy atom. The number of halogens is 1. The van der Waals surface area contributed by atoms with Crippen molar-refractivity contribution in [1.29, 1.82) is 0 Å². The molecule has 6 rings (SSSR count). The third-order valence-corrected chi connectivity index (χ3v) is 7.15. The van der Waals surface area contributed by atoms with Gasteiger partial charge in [0.05, 0.1) is 41.0 Å². The fourth-order valence-corrected chi connectivity index (χ4v) is 4.95. The number of nitrogens with zero attached hydrogens (tertiary/aromatic N) is 6. The van der Waals surface area contributed by atoms with E-state index >= 15 is 0 Å². The van der Waals surface area contributed by atoms with Gasteiger partial charge in [-0.25, -0.2) is 9.97 Å². The SMILES string of the molecule is CC(=O)CCc1nn(Cc2cn3cc(C4CC4)ccc3n2)cc1C(=O)CCc1ncn2ccc(Cl)cc12. The number of carbonyl (C=O) groups excluding carboxylic acids is 2. The molecule has 1 saturated carbocycles. The number of rotatable bonds is 10. The Bertz CT molecular complexity index is 1640. The summed E-state index contributed by atoms with van der Waals surface area (Å²) in [5.74, 6) is 0.731. The van der Waals surface area contributed by atoms with Crippen molar-refractivity contribution in [2.45, 2.75) is 57.9 Å². The molecule has 5 aromatic rings. The van der Waals surface area contributed by atoms with E-state index < -0.39 is 0 Å². The first-order chi connectivity index (χ1) is 17.9. The van der Waals surface area contributed by atoms with Crippen molar-refractivity contribution in [3.63, 3.8) is 0 Å². The molecule has 8 nitrogen and oxygen atoms in total.